The lowest BCUT2D eigenvalue weighted by Crippen LogP contribution is -2.30. The number of rotatable bonds is 4. The highest BCUT2D eigenvalue weighted by atomic mass is 32.2. The normalized spacial score (nSPS) is 11.4. The zero-order valence-corrected chi connectivity index (χ0v) is 10.1. The van der Waals surface area contributed by atoms with E-state index in [-0.39, 0.29) is 6.54 Å². The molecule has 0 amide bonds. The van der Waals surface area contributed by atoms with Crippen LogP contribution in [-0.2, 0) is 16.6 Å². The van der Waals surface area contributed by atoms with Gasteiger partial charge in [-0.1, -0.05) is 12.1 Å². The van der Waals surface area contributed by atoms with Crippen molar-refractivity contribution in [3.05, 3.63) is 35.4 Å². The Morgan fingerprint density at radius 1 is 1.44 bits per heavy atom. The van der Waals surface area contributed by atoms with E-state index >= 15 is 0 Å². The largest absolute Gasteiger partial charge is 0.214 e. The van der Waals surface area contributed by atoms with E-state index in [9.17, 15) is 8.42 Å². The first-order valence-corrected chi connectivity index (χ1v) is 6.48. The first-order chi connectivity index (χ1) is 7.45. The molecule has 0 aromatic heterocycles. The van der Waals surface area contributed by atoms with Gasteiger partial charge in [-0.15, -0.1) is 0 Å². The SMILES string of the molecule is CC(C)S(=O)(=O)NCc1cccc(C#N)c1. The van der Waals surface area contributed by atoms with Crippen molar-refractivity contribution in [2.75, 3.05) is 0 Å². The topological polar surface area (TPSA) is 70.0 Å². The molecular formula is C11H14N2O2S. The van der Waals surface area contributed by atoms with Crippen LogP contribution < -0.4 is 4.72 Å². The minimum atomic E-state index is -3.25. The Bertz CT molecular complexity index is 501. The Morgan fingerprint density at radius 2 is 2.12 bits per heavy atom. The highest BCUT2D eigenvalue weighted by Crippen LogP contribution is 2.05. The van der Waals surface area contributed by atoms with Gasteiger partial charge < -0.3 is 0 Å². The highest BCUT2D eigenvalue weighted by Gasteiger charge is 2.14. The van der Waals surface area contributed by atoms with Crippen molar-refractivity contribution in [1.82, 2.24) is 4.72 Å². The number of hydrogen-bond donors (Lipinski definition) is 1. The number of nitrogens with zero attached hydrogens (tertiary/aromatic N) is 1. The molecule has 86 valence electrons. The van der Waals surface area contributed by atoms with E-state index < -0.39 is 15.3 Å². The summed E-state index contributed by atoms with van der Waals surface area (Å²) in [5.74, 6) is 0. The van der Waals surface area contributed by atoms with Crippen molar-refractivity contribution in [3.8, 4) is 6.07 Å². The van der Waals surface area contributed by atoms with Crippen LogP contribution in [0.3, 0.4) is 0 Å². The van der Waals surface area contributed by atoms with Gasteiger partial charge in [0.15, 0.2) is 0 Å². The van der Waals surface area contributed by atoms with Crippen molar-refractivity contribution in [2.24, 2.45) is 0 Å². The number of nitriles is 1. The summed E-state index contributed by atoms with van der Waals surface area (Å²) in [7, 11) is -3.25. The van der Waals surface area contributed by atoms with Gasteiger partial charge >= 0.3 is 0 Å². The van der Waals surface area contributed by atoms with Crippen LogP contribution in [0.15, 0.2) is 24.3 Å². The molecule has 0 spiro atoms. The van der Waals surface area contributed by atoms with E-state index in [0.29, 0.717) is 5.56 Å². The summed E-state index contributed by atoms with van der Waals surface area (Å²) in [6.07, 6.45) is 0. The number of sulfonamides is 1. The summed E-state index contributed by atoms with van der Waals surface area (Å²) < 4.78 is 25.5. The quantitative estimate of drug-likeness (QED) is 0.861. The van der Waals surface area contributed by atoms with E-state index in [1.807, 2.05) is 6.07 Å². The average Bonchev–Trinajstić information content (AvgIpc) is 2.26. The maximum Gasteiger partial charge on any atom is 0.214 e. The molecule has 0 saturated heterocycles. The molecule has 0 unspecified atom stereocenters. The fraction of sp³-hybridized carbons (Fsp3) is 0.364. The molecule has 1 aromatic carbocycles. The molecule has 1 rings (SSSR count). The van der Waals surface area contributed by atoms with Gasteiger partial charge in [-0.2, -0.15) is 5.26 Å². The van der Waals surface area contributed by atoms with Gasteiger partial charge in [-0.25, -0.2) is 13.1 Å². The lowest BCUT2D eigenvalue weighted by molar-refractivity contribution is 0.572. The van der Waals surface area contributed by atoms with Gasteiger partial charge in [0.25, 0.3) is 0 Å². The van der Waals surface area contributed by atoms with E-state index in [1.165, 1.54) is 0 Å². The molecule has 0 atom stereocenters. The molecule has 0 heterocycles. The van der Waals surface area contributed by atoms with Gasteiger partial charge in [0.2, 0.25) is 10.0 Å². The second-order valence-corrected chi connectivity index (χ2v) is 6.05. The first-order valence-electron chi connectivity index (χ1n) is 4.93. The molecule has 5 heteroatoms. The van der Waals surface area contributed by atoms with Gasteiger partial charge in [-0.3, -0.25) is 0 Å². The van der Waals surface area contributed by atoms with Crippen molar-refractivity contribution < 1.29 is 8.42 Å². The third kappa shape index (κ3) is 3.33. The summed E-state index contributed by atoms with van der Waals surface area (Å²) in [6, 6.07) is 8.88. The maximum absolute atomic E-state index is 11.5. The molecule has 0 aliphatic heterocycles. The molecule has 0 aliphatic carbocycles. The average molecular weight is 238 g/mol. The Balaban J connectivity index is 2.73. The van der Waals surface area contributed by atoms with E-state index in [1.54, 1.807) is 38.1 Å². The summed E-state index contributed by atoms with van der Waals surface area (Å²) in [6.45, 7) is 3.46. The van der Waals surface area contributed by atoms with Crippen molar-refractivity contribution in [1.29, 1.82) is 5.26 Å². The van der Waals surface area contributed by atoms with Gasteiger partial charge in [0, 0.05) is 6.54 Å². The van der Waals surface area contributed by atoms with E-state index in [4.69, 9.17) is 5.26 Å². The molecule has 0 radical (unpaired) electrons. The van der Waals surface area contributed by atoms with Crippen molar-refractivity contribution in [3.63, 3.8) is 0 Å². The Hall–Kier alpha value is -1.38. The van der Waals surface area contributed by atoms with Crippen LogP contribution in [0.4, 0.5) is 0 Å². The number of hydrogen-bond acceptors (Lipinski definition) is 3. The fourth-order valence-corrected chi connectivity index (χ4v) is 1.80. The summed E-state index contributed by atoms with van der Waals surface area (Å²) in [4.78, 5) is 0. The molecule has 0 fully saturated rings. The summed E-state index contributed by atoms with van der Waals surface area (Å²) >= 11 is 0. The lowest BCUT2D eigenvalue weighted by atomic mass is 10.1. The van der Waals surface area contributed by atoms with Crippen molar-refractivity contribution in [2.45, 2.75) is 25.6 Å². The second-order valence-electron chi connectivity index (χ2n) is 3.73. The van der Waals surface area contributed by atoms with Crippen LogP contribution in [0.2, 0.25) is 0 Å². The Morgan fingerprint density at radius 3 is 2.69 bits per heavy atom. The molecule has 0 aliphatic rings. The molecule has 0 bridgehead atoms. The van der Waals surface area contributed by atoms with Crippen LogP contribution in [0, 0.1) is 11.3 Å². The third-order valence-electron chi connectivity index (χ3n) is 2.15. The van der Waals surface area contributed by atoms with Gasteiger partial charge in [0.1, 0.15) is 0 Å². The first kappa shape index (κ1) is 12.7. The minimum Gasteiger partial charge on any atom is -0.212 e. The van der Waals surface area contributed by atoms with Gasteiger partial charge in [-0.05, 0) is 31.5 Å². The highest BCUT2D eigenvalue weighted by molar-refractivity contribution is 7.90. The minimum absolute atomic E-state index is 0.218. The van der Waals surface area contributed by atoms with Crippen LogP contribution in [0.5, 0.6) is 0 Å². The lowest BCUT2D eigenvalue weighted by Gasteiger charge is -2.09. The predicted octanol–water partition coefficient (Wildman–Crippen LogP) is 1.39. The van der Waals surface area contributed by atoms with Crippen LogP contribution in [0.1, 0.15) is 25.0 Å². The van der Waals surface area contributed by atoms with E-state index in [0.717, 1.165) is 5.56 Å². The zero-order chi connectivity index (χ0) is 12.2. The second kappa shape index (κ2) is 5.10. The monoisotopic (exact) mass is 238 g/mol. The molecule has 0 saturated carbocycles. The predicted molar refractivity (Wildman–Crippen MR) is 62.1 cm³/mol. The third-order valence-corrected chi connectivity index (χ3v) is 3.94. The molecule has 1 aromatic rings. The summed E-state index contributed by atoms with van der Waals surface area (Å²) in [5, 5.41) is 8.24. The number of benzene rings is 1. The molecule has 1 N–H and O–H groups in total. The van der Waals surface area contributed by atoms with Crippen LogP contribution in [-0.4, -0.2) is 13.7 Å². The molecular weight excluding hydrogens is 224 g/mol. The van der Waals surface area contributed by atoms with Crippen molar-refractivity contribution >= 4 is 10.0 Å². The van der Waals surface area contributed by atoms with E-state index in [2.05, 4.69) is 4.72 Å². The Kier molecular flexibility index (Phi) is 4.05. The zero-order valence-electron chi connectivity index (χ0n) is 9.27. The number of nitrogens with one attached hydrogen (secondary N) is 1. The molecule has 4 nitrogen and oxygen atoms in total. The van der Waals surface area contributed by atoms with Crippen LogP contribution >= 0.6 is 0 Å². The smallest absolute Gasteiger partial charge is 0.212 e. The molecule has 16 heavy (non-hydrogen) atoms. The maximum atomic E-state index is 11.5. The Labute approximate surface area is 96.0 Å². The standard InChI is InChI=1S/C11H14N2O2S/c1-9(2)16(14,15)13-8-11-5-3-4-10(6-11)7-12/h3-6,9,13H,8H2,1-2H3. The summed E-state index contributed by atoms with van der Waals surface area (Å²) in [5.41, 5.74) is 1.31. The van der Waals surface area contributed by atoms with Gasteiger partial charge in [0.05, 0.1) is 16.9 Å². The fourth-order valence-electron chi connectivity index (χ4n) is 1.10. The van der Waals surface area contributed by atoms with Crippen LogP contribution in [0.25, 0.3) is 0 Å².